The zero-order chi connectivity index (χ0) is 13.7. The Morgan fingerprint density at radius 2 is 2.05 bits per heavy atom. The molecule has 0 aliphatic heterocycles. The second-order valence-corrected chi connectivity index (χ2v) is 6.19. The van der Waals surface area contributed by atoms with Crippen molar-refractivity contribution in [3.05, 3.63) is 18.0 Å². The molecule has 1 N–H and O–H groups in total. The molecule has 0 spiro atoms. The van der Waals surface area contributed by atoms with E-state index in [1.165, 1.54) is 31.4 Å². The topological polar surface area (TPSA) is 29.9 Å². The lowest BCUT2D eigenvalue weighted by molar-refractivity contribution is 0.362. The molecule has 108 valence electrons. The van der Waals surface area contributed by atoms with Gasteiger partial charge in [-0.05, 0) is 50.3 Å². The van der Waals surface area contributed by atoms with E-state index in [4.69, 9.17) is 5.10 Å². The molecule has 2 rings (SSSR count). The zero-order valence-electron chi connectivity index (χ0n) is 12.7. The van der Waals surface area contributed by atoms with E-state index >= 15 is 0 Å². The Hall–Kier alpha value is -0.830. The van der Waals surface area contributed by atoms with Crippen molar-refractivity contribution >= 4 is 0 Å². The summed E-state index contributed by atoms with van der Waals surface area (Å²) in [6.45, 7) is 9.02. The molecule has 0 amide bonds. The van der Waals surface area contributed by atoms with Crippen LogP contribution in [0.3, 0.4) is 0 Å². The lowest BCUT2D eigenvalue weighted by Gasteiger charge is -2.19. The molecule has 2 unspecified atom stereocenters. The minimum atomic E-state index is 0.670. The molecule has 1 aliphatic rings. The summed E-state index contributed by atoms with van der Waals surface area (Å²) in [5, 5.41) is 8.23. The van der Waals surface area contributed by atoms with E-state index in [2.05, 4.69) is 43.0 Å². The maximum Gasteiger partial charge on any atom is 0.0627 e. The number of aromatic nitrogens is 2. The van der Waals surface area contributed by atoms with Gasteiger partial charge in [0, 0.05) is 6.20 Å². The summed E-state index contributed by atoms with van der Waals surface area (Å²) in [4.78, 5) is 0. The van der Waals surface area contributed by atoms with Gasteiger partial charge in [-0.3, -0.25) is 4.68 Å². The normalized spacial score (nSPS) is 19.7. The molecule has 2 atom stereocenters. The lowest BCUT2D eigenvalue weighted by atomic mass is 9.91. The van der Waals surface area contributed by atoms with Gasteiger partial charge in [-0.2, -0.15) is 5.10 Å². The summed E-state index contributed by atoms with van der Waals surface area (Å²) in [6.07, 6.45) is 8.66. The molecule has 0 saturated heterocycles. The summed E-state index contributed by atoms with van der Waals surface area (Å²) < 4.78 is 2.21. The van der Waals surface area contributed by atoms with Crippen LogP contribution < -0.4 is 5.32 Å². The monoisotopic (exact) mass is 263 g/mol. The van der Waals surface area contributed by atoms with Gasteiger partial charge in [-0.15, -0.1) is 0 Å². The van der Waals surface area contributed by atoms with Gasteiger partial charge in [0.2, 0.25) is 0 Å². The largest absolute Gasteiger partial charge is 0.317 e. The predicted octanol–water partition coefficient (Wildman–Crippen LogP) is 3.42. The van der Waals surface area contributed by atoms with Crippen molar-refractivity contribution in [3.63, 3.8) is 0 Å². The van der Waals surface area contributed by atoms with Crippen molar-refractivity contribution in [2.45, 2.75) is 58.9 Å². The van der Waals surface area contributed by atoms with Crippen LogP contribution in [0.2, 0.25) is 0 Å². The Bertz CT molecular complexity index is 366. The highest BCUT2D eigenvalue weighted by atomic mass is 15.3. The van der Waals surface area contributed by atoms with Gasteiger partial charge in [-0.25, -0.2) is 0 Å². The SMILES string of the molecule is CCNCC(C)C(C)Cc1ccn(C2CCCC2)n1. The fourth-order valence-corrected chi connectivity index (χ4v) is 2.96. The molecule has 3 heteroatoms. The van der Waals surface area contributed by atoms with Crippen LogP contribution >= 0.6 is 0 Å². The first-order chi connectivity index (χ1) is 9.20. The molecule has 3 nitrogen and oxygen atoms in total. The molecule has 0 radical (unpaired) electrons. The van der Waals surface area contributed by atoms with Gasteiger partial charge in [-0.1, -0.05) is 33.6 Å². The smallest absolute Gasteiger partial charge is 0.0627 e. The first kappa shape index (κ1) is 14.6. The molecule has 1 saturated carbocycles. The highest BCUT2D eigenvalue weighted by Gasteiger charge is 2.19. The van der Waals surface area contributed by atoms with E-state index in [1.807, 2.05) is 0 Å². The second-order valence-electron chi connectivity index (χ2n) is 6.19. The Kier molecular flexibility index (Phi) is 5.44. The van der Waals surface area contributed by atoms with Crippen LogP contribution in [-0.2, 0) is 6.42 Å². The number of nitrogens with zero attached hydrogens (tertiary/aromatic N) is 2. The fraction of sp³-hybridized carbons (Fsp3) is 0.812. The summed E-state index contributed by atoms with van der Waals surface area (Å²) in [6, 6.07) is 2.89. The molecule has 1 fully saturated rings. The van der Waals surface area contributed by atoms with Gasteiger partial charge in [0.05, 0.1) is 11.7 Å². The van der Waals surface area contributed by atoms with Crippen LogP contribution in [0.25, 0.3) is 0 Å². The first-order valence-corrected chi connectivity index (χ1v) is 7.95. The number of hydrogen-bond donors (Lipinski definition) is 1. The van der Waals surface area contributed by atoms with Gasteiger partial charge < -0.3 is 5.32 Å². The third-order valence-corrected chi connectivity index (χ3v) is 4.58. The van der Waals surface area contributed by atoms with Crippen molar-refractivity contribution in [2.75, 3.05) is 13.1 Å². The average Bonchev–Trinajstić information content (AvgIpc) is 3.05. The van der Waals surface area contributed by atoms with Crippen molar-refractivity contribution < 1.29 is 0 Å². The third-order valence-electron chi connectivity index (χ3n) is 4.58. The Morgan fingerprint density at radius 1 is 1.32 bits per heavy atom. The van der Waals surface area contributed by atoms with Gasteiger partial charge >= 0.3 is 0 Å². The van der Waals surface area contributed by atoms with E-state index in [0.29, 0.717) is 17.9 Å². The van der Waals surface area contributed by atoms with Gasteiger partial charge in [0.1, 0.15) is 0 Å². The summed E-state index contributed by atoms with van der Waals surface area (Å²) >= 11 is 0. The summed E-state index contributed by atoms with van der Waals surface area (Å²) in [5.74, 6) is 1.39. The highest BCUT2D eigenvalue weighted by Crippen LogP contribution is 2.29. The molecule has 0 bridgehead atoms. The molecule has 19 heavy (non-hydrogen) atoms. The maximum absolute atomic E-state index is 4.79. The summed E-state index contributed by atoms with van der Waals surface area (Å²) in [5.41, 5.74) is 1.27. The number of hydrogen-bond acceptors (Lipinski definition) is 2. The van der Waals surface area contributed by atoms with E-state index in [-0.39, 0.29) is 0 Å². The fourth-order valence-electron chi connectivity index (χ4n) is 2.96. The van der Waals surface area contributed by atoms with Gasteiger partial charge in [0.25, 0.3) is 0 Å². The standard InChI is InChI=1S/C16H29N3/c1-4-17-12-14(3)13(2)11-15-9-10-19(18-15)16-7-5-6-8-16/h9-10,13-14,16-17H,4-8,11-12H2,1-3H3. The van der Waals surface area contributed by atoms with Crippen molar-refractivity contribution in [1.29, 1.82) is 0 Å². The van der Waals surface area contributed by atoms with E-state index < -0.39 is 0 Å². The Morgan fingerprint density at radius 3 is 2.74 bits per heavy atom. The third kappa shape index (κ3) is 4.07. The van der Waals surface area contributed by atoms with E-state index in [9.17, 15) is 0 Å². The first-order valence-electron chi connectivity index (χ1n) is 7.95. The van der Waals surface area contributed by atoms with E-state index in [0.717, 1.165) is 19.5 Å². The highest BCUT2D eigenvalue weighted by molar-refractivity contribution is 5.01. The van der Waals surface area contributed by atoms with Crippen molar-refractivity contribution in [2.24, 2.45) is 11.8 Å². The minimum Gasteiger partial charge on any atom is -0.317 e. The second kappa shape index (κ2) is 7.09. The zero-order valence-corrected chi connectivity index (χ0v) is 12.7. The molecule has 0 aromatic carbocycles. The van der Waals surface area contributed by atoms with Crippen molar-refractivity contribution in [3.8, 4) is 0 Å². The van der Waals surface area contributed by atoms with Gasteiger partial charge in [0.15, 0.2) is 0 Å². The molecule has 1 aliphatic carbocycles. The van der Waals surface area contributed by atoms with Crippen molar-refractivity contribution in [1.82, 2.24) is 15.1 Å². The number of rotatable bonds is 7. The average molecular weight is 263 g/mol. The van der Waals surface area contributed by atoms with Crippen LogP contribution in [0.15, 0.2) is 12.3 Å². The predicted molar refractivity (Wildman–Crippen MR) is 80.3 cm³/mol. The van der Waals surface area contributed by atoms with Crippen LogP contribution in [0.5, 0.6) is 0 Å². The number of nitrogens with one attached hydrogen (secondary N) is 1. The maximum atomic E-state index is 4.79. The van der Waals surface area contributed by atoms with Crippen LogP contribution in [0.1, 0.15) is 58.2 Å². The quantitative estimate of drug-likeness (QED) is 0.817. The summed E-state index contributed by atoms with van der Waals surface area (Å²) in [7, 11) is 0. The Labute approximate surface area is 117 Å². The van der Waals surface area contributed by atoms with Crippen LogP contribution in [0, 0.1) is 11.8 Å². The van der Waals surface area contributed by atoms with E-state index in [1.54, 1.807) is 0 Å². The molecule has 1 aromatic rings. The minimum absolute atomic E-state index is 0.670. The molecular formula is C16H29N3. The molecule has 1 aromatic heterocycles. The lowest BCUT2D eigenvalue weighted by Crippen LogP contribution is -2.26. The van der Waals surface area contributed by atoms with Crippen LogP contribution in [0.4, 0.5) is 0 Å². The molecular weight excluding hydrogens is 234 g/mol. The molecule has 1 heterocycles. The Balaban J connectivity index is 1.84. The van der Waals surface area contributed by atoms with Crippen LogP contribution in [-0.4, -0.2) is 22.9 Å².